The first-order valence-corrected chi connectivity index (χ1v) is 11.2. The largest absolute Gasteiger partial charge is 0.444 e. The number of carbonyl (C=O) groups is 2. The number of piperazine rings is 1. The number of ether oxygens (including phenoxy) is 2. The maximum absolute atomic E-state index is 12.8. The predicted octanol–water partition coefficient (Wildman–Crippen LogP) is 1.30. The third-order valence-corrected chi connectivity index (χ3v) is 5.87. The summed E-state index contributed by atoms with van der Waals surface area (Å²) < 4.78 is 11.2. The Kier molecular flexibility index (Phi) is 7.76. The summed E-state index contributed by atoms with van der Waals surface area (Å²) in [6.07, 6.45) is 3.21. The van der Waals surface area contributed by atoms with Crippen molar-refractivity contribution >= 4 is 12.0 Å². The molecule has 0 aliphatic carbocycles. The van der Waals surface area contributed by atoms with Crippen LogP contribution in [-0.4, -0.2) is 103 Å². The first kappa shape index (κ1) is 22.3. The predicted molar refractivity (Wildman–Crippen MR) is 111 cm³/mol. The van der Waals surface area contributed by atoms with Crippen molar-refractivity contribution in [3.8, 4) is 0 Å². The molecule has 0 bridgehead atoms. The zero-order valence-electron chi connectivity index (χ0n) is 18.3. The third-order valence-electron chi connectivity index (χ3n) is 5.87. The van der Waals surface area contributed by atoms with Gasteiger partial charge in [0.15, 0.2) is 0 Å². The van der Waals surface area contributed by atoms with E-state index in [4.69, 9.17) is 9.47 Å². The van der Waals surface area contributed by atoms with Gasteiger partial charge in [-0.05, 0) is 59.5 Å². The lowest BCUT2D eigenvalue weighted by atomic mass is 10.1. The third kappa shape index (κ3) is 7.12. The normalized spacial score (nSPS) is 26.7. The van der Waals surface area contributed by atoms with E-state index in [2.05, 4.69) is 15.1 Å². The SMILES string of the molecule is CC(C)(C)OC(=O)NC[C@H]1CC[C@@H](C(=O)N2CCN(CCN3CCCC3)CC2)O1. The second kappa shape index (κ2) is 10.1. The van der Waals surface area contributed by atoms with Crippen LogP contribution in [0.4, 0.5) is 4.79 Å². The molecule has 2 atom stereocenters. The first-order chi connectivity index (χ1) is 13.8. The van der Waals surface area contributed by atoms with Crippen molar-refractivity contribution in [2.75, 3.05) is 58.9 Å². The number of likely N-dealkylation sites (tertiary alicyclic amines) is 1. The van der Waals surface area contributed by atoms with Crippen molar-refractivity contribution in [3.05, 3.63) is 0 Å². The standard InChI is InChI=1S/C21H38N4O4/c1-21(2,3)29-20(27)22-16-17-6-7-18(28-17)19(26)25-14-12-24(13-15-25)11-10-23-8-4-5-9-23/h17-18H,4-16H2,1-3H3,(H,22,27)/t17-,18+/m1/s1. The summed E-state index contributed by atoms with van der Waals surface area (Å²) in [4.78, 5) is 31.5. The topological polar surface area (TPSA) is 74.4 Å². The highest BCUT2D eigenvalue weighted by molar-refractivity contribution is 5.81. The molecule has 3 saturated heterocycles. The van der Waals surface area contributed by atoms with E-state index < -0.39 is 11.7 Å². The molecule has 0 spiro atoms. The van der Waals surface area contributed by atoms with E-state index in [-0.39, 0.29) is 18.1 Å². The van der Waals surface area contributed by atoms with Gasteiger partial charge in [-0.3, -0.25) is 9.69 Å². The average Bonchev–Trinajstić information content (AvgIpc) is 3.35. The molecule has 8 nitrogen and oxygen atoms in total. The molecule has 0 unspecified atom stereocenters. The monoisotopic (exact) mass is 410 g/mol. The van der Waals surface area contributed by atoms with Crippen molar-refractivity contribution in [1.29, 1.82) is 0 Å². The van der Waals surface area contributed by atoms with E-state index in [9.17, 15) is 9.59 Å². The molecule has 1 N–H and O–H groups in total. The molecule has 0 aromatic carbocycles. The summed E-state index contributed by atoms with van der Waals surface area (Å²) in [7, 11) is 0. The van der Waals surface area contributed by atoms with Gasteiger partial charge in [0.1, 0.15) is 11.7 Å². The van der Waals surface area contributed by atoms with Crippen LogP contribution in [0.2, 0.25) is 0 Å². The number of hydrogen-bond donors (Lipinski definition) is 1. The Morgan fingerprint density at radius 2 is 1.59 bits per heavy atom. The molecule has 3 aliphatic rings. The van der Waals surface area contributed by atoms with Crippen LogP contribution in [0.25, 0.3) is 0 Å². The second-order valence-corrected chi connectivity index (χ2v) is 9.42. The Hall–Kier alpha value is -1.38. The van der Waals surface area contributed by atoms with Crippen LogP contribution in [0.15, 0.2) is 0 Å². The summed E-state index contributed by atoms with van der Waals surface area (Å²) in [6.45, 7) is 14.0. The number of carbonyl (C=O) groups excluding carboxylic acids is 2. The minimum atomic E-state index is -0.518. The van der Waals surface area contributed by atoms with Gasteiger partial charge >= 0.3 is 6.09 Å². The summed E-state index contributed by atoms with van der Waals surface area (Å²) in [5, 5.41) is 2.74. The zero-order chi connectivity index (χ0) is 20.9. The van der Waals surface area contributed by atoms with Crippen LogP contribution in [0, 0.1) is 0 Å². The Labute approximate surface area is 174 Å². The molecule has 3 fully saturated rings. The lowest BCUT2D eigenvalue weighted by Gasteiger charge is -2.36. The van der Waals surface area contributed by atoms with Gasteiger partial charge in [-0.15, -0.1) is 0 Å². The van der Waals surface area contributed by atoms with Crippen molar-refractivity contribution in [1.82, 2.24) is 20.0 Å². The fourth-order valence-electron chi connectivity index (χ4n) is 4.23. The average molecular weight is 411 g/mol. The minimum Gasteiger partial charge on any atom is -0.444 e. The Bertz CT molecular complexity index is 551. The Morgan fingerprint density at radius 1 is 0.966 bits per heavy atom. The fraction of sp³-hybridized carbons (Fsp3) is 0.905. The number of alkyl carbamates (subject to hydrolysis) is 1. The molecular weight excluding hydrogens is 372 g/mol. The quantitative estimate of drug-likeness (QED) is 0.712. The zero-order valence-corrected chi connectivity index (χ0v) is 18.3. The van der Waals surface area contributed by atoms with Crippen LogP contribution < -0.4 is 5.32 Å². The number of nitrogens with one attached hydrogen (secondary N) is 1. The fourth-order valence-corrected chi connectivity index (χ4v) is 4.23. The van der Waals surface area contributed by atoms with Crippen molar-refractivity contribution < 1.29 is 19.1 Å². The molecule has 0 saturated carbocycles. The second-order valence-electron chi connectivity index (χ2n) is 9.42. The summed E-state index contributed by atoms with van der Waals surface area (Å²) in [5.74, 6) is 0.101. The van der Waals surface area contributed by atoms with Gasteiger partial charge in [0, 0.05) is 45.8 Å². The molecule has 0 radical (unpaired) electrons. The highest BCUT2D eigenvalue weighted by atomic mass is 16.6. The van der Waals surface area contributed by atoms with Gasteiger partial charge in [0.2, 0.25) is 0 Å². The van der Waals surface area contributed by atoms with E-state index in [1.165, 1.54) is 25.9 Å². The lowest BCUT2D eigenvalue weighted by molar-refractivity contribution is -0.144. The minimum absolute atomic E-state index is 0.101. The maximum atomic E-state index is 12.8. The van der Waals surface area contributed by atoms with Gasteiger partial charge in [-0.1, -0.05) is 0 Å². The number of nitrogens with zero attached hydrogens (tertiary/aromatic N) is 3. The molecular formula is C21H38N4O4. The number of amides is 2. The van der Waals surface area contributed by atoms with Gasteiger partial charge in [-0.2, -0.15) is 0 Å². The van der Waals surface area contributed by atoms with E-state index in [0.29, 0.717) is 13.0 Å². The van der Waals surface area contributed by atoms with Gasteiger partial charge in [0.25, 0.3) is 5.91 Å². The molecule has 8 heteroatoms. The van der Waals surface area contributed by atoms with Crippen LogP contribution in [0.5, 0.6) is 0 Å². The summed E-state index contributed by atoms with van der Waals surface area (Å²) >= 11 is 0. The smallest absolute Gasteiger partial charge is 0.407 e. The van der Waals surface area contributed by atoms with Gasteiger partial charge in [-0.25, -0.2) is 4.79 Å². The Balaban J connectivity index is 1.32. The van der Waals surface area contributed by atoms with E-state index in [1.807, 2.05) is 25.7 Å². The molecule has 3 heterocycles. The van der Waals surface area contributed by atoms with Crippen LogP contribution in [0.3, 0.4) is 0 Å². The molecule has 3 aliphatic heterocycles. The van der Waals surface area contributed by atoms with Gasteiger partial charge in [0.05, 0.1) is 6.10 Å². The molecule has 2 amide bonds. The number of rotatable bonds is 6. The molecule has 29 heavy (non-hydrogen) atoms. The number of hydrogen-bond acceptors (Lipinski definition) is 6. The molecule has 0 aromatic rings. The lowest BCUT2D eigenvalue weighted by Crippen LogP contribution is -2.52. The maximum Gasteiger partial charge on any atom is 0.407 e. The van der Waals surface area contributed by atoms with Crippen molar-refractivity contribution in [2.45, 2.75) is 64.3 Å². The van der Waals surface area contributed by atoms with Gasteiger partial charge < -0.3 is 24.6 Å². The highest BCUT2D eigenvalue weighted by Gasteiger charge is 2.35. The Morgan fingerprint density at radius 3 is 2.21 bits per heavy atom. The first-order valence-electron chi connectivity index (χ1n) is 11.2. The summed E-state index contributed by atoms with van der Waals surface area (Å²) in [6, 6.07) is 0. The van der Waals surface area contributed by atoms with Crippen LogP contribution >= 0.6 is 0 Å². The van der Waals surface area contributed by atoms with Crippen LogP contribution in [0.1, 0.15) is 46.5 Å². The van der Waals surface area contributed by atoms with E-state index in [0.717, 1.165) is 45.7 Å². The summed E-state index contributed by atoms with van der Waals surface area (Å²) in [5.41, 5.74) is -0.518. The van der Waals surface area contributed by atoms with E-state index in [1.54, 1.807) is 0 Å². The van der Waals surface area contributed by atoms with Crippen molar-refractivity contribution in [3.63, 3.8) is 0 Å². The van der Waals surface area contributed by atoms with Crippen LogP contribution in [-0.2, 0) is 14.3 Å². The highest BCUT2D eigenvalue weighted by Crippen LogP contribution is 2.22. The molecule has 166 valence electrons. The van der Waals surface area contributed by atoms with Crippen molar-refractivity contribution in [2.24, 2.45) is 0 Å². The van der Waals surface area contributed by atoms with E-state index >= 15 is 0 Å². The molecule has 0 aromatic heterocycles. The molecule has 3 rings (SSSR count).